The first-order chi connectivity index (χ1) is 12.8. The van der Waals surface area contributed by atoms with Crippen LogP contribution in [0, 0.1) is 10.1 Å². The predicted molar refractivity (Wildman–Crippen MR) is 106 cm³/mol. The number of nitro groups is 1. The van der Waals surface area contributed by atoms with Crippen molar-refractivity contribution in [3.63, 3.8) is 0 Å². The molecular weight excluding hydrogens is 344 g/mol. The molecule has 0 fully saturated rings. The number of nitro benzene ring substituents is 1. The molecule has 6 nitrogen and oxygen atoms in total. The molecule has 0 aromatic heterocycles. The summed E-state index contributed by atoms with van der Waals surface area (Å²) in [5, 5.41) is 13.7. The van der Waals surface area contributed by atoms with Crippen LogP contribution in [0.5, 0.6) is 5.75 Å². The number of benzene rings is 2. The van der Waals surface area contributed by atoms with Gasteiger partial charge in [0, 0.05) is 17.8 Å². The van der Waals surface area contributed by atoms with Crippen LogP contribution in [0.25, 0.3) is 0 Å². The Hall–Kier alpha value is -2.89. The van der Waals surface area contributed by atoms with Gasteiger partial charge in [-0.2, -0.15) is 0 Å². The van der Waals surface area contributed by atoms with E-state index < -0.39 is 4.92 Å². The number of hydrogen-bond acceptors (Lipinski definition) is 4. The Morgan fingerprint density at radius 3 is 2.07 bits per heavy atom. The lowest BCUT2D eigenvalue weighted by atomic mass is 9.92. The number of hydrogen-bond donors (Lipinski definition) is 1. The van der Waals surface area contributed by atoms with Crippen LogP contribution < -0.4 is 10.1 Å². The highest BCUT2D eigenvalue weighted by Crippen LogP contribution is 2.32. The van der Waals surface area contributed by atoms with Gasteiger partial charge in [0.2, 0.25) is 5.91 Å². The first kappa shape index (κ1) is 20.4. The zero-order valence-corrected chi connectivity index (χ0v) is 16.2. The molecule has 144 valence electrons. The standard InChI is InChI=1S/C21H26N2O4/c1-14(2)18-6-5-7-19(15(3)4)21(18)22-20(24)12-13-27-17-10-8-16(9-11-17)23(25)26/h5-11,14-15H,12-13H2,1-4H3,(H,22,24). The van der Waals surface area contributed by atoms with Crippen molar-refractivity contribution in [1.82, 2.24) is 0 Å². The maximum absolute atomic E-state index is 12.4. The molecule has 0 aliphatic rings. The number of amides is 1. The molecule has 0 saturated heterocycles. The van der Waals surface area contributed by atoms with Gasteiger partial charge in [-0.15, -0.1) is 0 Å². The smallest absolute Gasteiger partial charge is 0.269 e. The third-order valence-corrected chi connectivity index (χ3v) is 4.28. The van der Waals surface area contributed by atoms with Gasteiger partial charge < -0.3 is 10.1 Å². The van der Waals surface area contributed by atoms with Crippen LogP contribution in [0.3, 0.4) is 0 Å². The van der Waals surface area contributed by atoms with Crippen molar-refractivity contribution < 1.29 is 14.5 Å². The van der Waals surface area contributed by atoms with E-state index in [1.165, 1.54) is 24.3 Å². The topological polar surface area (TPSA) is 81.5 Å². The molecule has 0 aliphatic heterocycles. The fourth-order valence-corrected chi connectivity index (χ4v) is 2.82. The van der Waals surface area contributed by atoms with Crippen LogP contribution in [0.15, 0.2) is 42.5 Å². The van der Waals surface area contributed by atoms with E-state index in [4.69, 9.17) is 4.74 Å². The van der Waals surface area contributed by atoms with Crippen molar-refractivity contribution in [1.29, 1.82) is 0 Å². The van der Waals surface area contributed by atoms with E-state index in [9.17, 15) is 14.9 Å². The summed E-state index contributed by atoms with van der Waals surface area (Å²) in [5.74, 6) is 0.983. The second kappa shape index (κ2) is 9.16. The van der Waals surface area contributed by atoms with E-state index in [0.717, 1.165) is 16.8 Å². The average molecular weight is 370 g/mol. The monoisotopic (exact) mass is 370 g/mol. The maximum Gasteiger partial charge on any atom is 0.269 e. The molecule has 2 aromatic carbocycles. The summed E-state index contributed by atoms with van der Waals surface area (Å²) in [4.78, 5) is 22.6. The van der Waals surface area contributed by atoms with Crippen LogP contribution in [0.4, 0.5) is 11.4 Å². The quantitative estimate of drug-likeness (QED) is 0.508. The molecule has 0 radical (unpaired) electrons. The Morgan fingerprint density at radius 2 is 1.59 bits per heavy atom. The lowest BCUT2D eigenvalue weighted by Gasteiger charge is -2.20. The number of para-hydroxylation sites is 1. The van der Waals surface area contributed by atoms with Crippen LogP contribution in [0.2, 0.25) is 0 Å². The number of carbonyl (C=O) groups excluding carboxylic acids is 1. The fourth-order valence-electron chi connectivity index (χ4n) is 2.82. The van der Waals surface area contributed by atoms with Gasteiger partial charge in [0.05, 0.1) is 18.0 Å². The molecule has 27 heavy (non-hydrogen) atoms. The number of non-ortho nitro benzene ring substituents is 1. The largest absolute Gasteiger partial charge is 0.493 e. The second-order valence-electron chi connectivity index (χ2n) is 7.02. The Morgan fingerprint density at radius 1 is 1.04 bits per heavy atom. The van der Waals surface area contributed by atoms with Gasteiger partial charge in [-0.05, 0) is 35.1 Å². The highest BCUT2D eigenvalue weighted by Gasteiger charge is 2.16. The highest BCUT2D eigenvalue weighted by molar-refractivity contribution is 5.92. The number of ether oxygens (including phenoxy) is 1. The van der Waals surface area contributed by atoms with Crippen LogP contribution >= 0.6 is 0 Å². The molecule has 0 bridgehead atoms. The summed E-state index contributed by atoms with van der Waals surface area (Å²) in [6.45, 7) is 8.61. The summed E-state index contributed by atoms with van der Waals surface area (Å²) < 4.78 is 5.52. The van der Waals surface area contributed by atoms with Crippen molar-refractivity contribution in [3.05, 3.63) is 63.7 Å². The van der Waals surface area contributed by atoms with Gasteiger partial charge >= 0.3 is 0 Å². The fraction of sp³-hybridized carbons (Fsp3) is 0.381. The van der Waals surface area contributed by atoms with Crippen LogP contribution in [-0.4, -0.2) is 17.4 Å². The zero-order valence-electron chi connectivity index (χ0n) is 16.2. The van der Waals surface area contributed by atoms with Gasteiger partial charge in [0.15, 0.2) is 0 Å². The van der Waals surface area contributed by atoms with Crippen LogP contribution in [-0.2, 0) is 4.79 Å². The third-order valence-electron chi connectivity index (χ3n) is 4.28. The molecule has 2 aromatic rings. The molecule has 6 heteroatoms. The molecule has 0 aliphatic carbocycles. The number of nitrogens with one attached hydrogen (secondary N) is 1. The second-order valence-corrected chi connectivity index (χ2v) is 7.02. The third kappa shape index (κ3) is 5.54. The van der Waals surface area contributed by atoms with E-state index in [1.807, 2.05) is 18.2 Å². The summed E-state index contributed by atoms with van der Waals surface area (Å²) in [7, 11) is 0. The van der Waals surface area contributed by atoms with Crippen molar-refractivity contribution in [2.45, 2.75) is 46.0 Å². The minimum atomic E-state index is -0.463. The van der Waals surface area contributed by atoms with Gasteiger partial charge in [0.1, 0.15) is 5.75 Å². The summed E-state index contributed by atoms with van der Waals surface area (Å²) in [6, 6.07) is 11.9. The Bertz CT molecular complexity index is 772. The number of carbonyl (C=O) groups is 1. The summed E-state index contributed by atoms with van der Waals surface area (Å²) in [5.41, 5.74) is 3.13. The molecule has 0 saturated carbocycles. The zero-order chi connectivity index (χ0) is 20.0. The normalized spacial score (nSPS) is 10.9. The minimum absolute atomic E-state index is 0.00611. The Kier molecular flexibility index (Phi) is 6.93. The summed E-state index contributed by atoms with van der Waals surface area (Å²) >= 11 is 0. The Labute approximate surface area is 159 Å². The number of rotatable bonds is 8. The maximum atomic E-state index is 12.4. The van der Waals surface area contributed by atoms with E-state index in [0.29, 0.717) is 17.6 Å². The van der Waals surface area contributed by atoms with Crippen molar-refractivity contribution in [2.24, 2.45) is 0 Å². The molecule has 0 spiro atoms. The van der Waals surface area contributed by atoms with E-state index in [2.05, 4.69) is 33.0 Å². The lowest BCUT2D eigenvalue weighted by molar-refractivity contribution is -0.384. The van der Waals surface area contributed by atoms with Gasteiger partial charge in [-0.25, -0.2) is 0 Å². The minimum Gasteiger partial charge on any atom is -0.493 e. The lowest BCUT2D eigenvalue weighted by Crippen LogP contribution is -2.18. The van der Waals surface area contributed by atoms with Crippen molar-refractivity contribution in [2.75, 3.05) is 11.9 Å². The first-order valence-corrected chi connectivity index (χ1v) is 9.09. The molecule has 1 N–H and O–H groups in total. The summed E-state index contributed by atoms with van der Waals surface area (Å²) in [6.07, 6.45) is 0.195. The molecular formula is C21H26N2O4. The number of nitrogens with zero attached hydrogens (tertiary/aromatic N) is 1. The molecule has 1 amide bonds. The van der Waals surface area contributed by atoms with Gasteiger partial charge in [-0.3, -0.25) is 14.9 Å². The van der Waals surface area contributed by atoms with Crippen molar-refractivity contribution >= 4 is 17.3 Å². The number of anilines is 1. The SMILES string of the molecule is CC(C)c1cccc(C(C)C)c1NC(=O)CCOc1ccc([N+](=O)[O-])cc1. The average Bonchev–Trinajstić information content (AvgIpc) is 2.61. The Balaban J connectivity index is 1.98. The van der Waals surface area contributed by atoms with Crippen molar-refractivity contribution in [3.8, 4) is 5.75 Å². The highest BCUT2D eigenvalue weighted by atomic mass is 16.6. The molecule has 2 rings (SSSR count). The predicted octanol–water partition coefficient (Wildman–Crippen LogP) is 5.25. The molecule has 0 unspecified atom stereocenters. The van der Waals surface area contributed by atoms with Gasteiger partial charge in [-0.1, -0.05) is 45.9 Å². The molecule has 0 atom stereocenters. The van der Waals surface area contributed by atoms with E-state index >= 15 is 0 Å². The van der Waals surface area contributed by atoms with E-state index in [1.54, 1.807) is 0 Å². The van der Waals surface area contributed by atoms with Crippen LogP contribution in [0.1, 0.15) is 57.1 Å². The van der Waals surface area contributed by atoms with E-state index in [-0.39, 0.29) is 24.6 Å². The first-order valence-electron chi connectivity index (χ1n) is 9.09. The van der Waals surface area contributed by atoms with Gasteiger partial charge in [0.25, 0.3) is 5.69 Å². The molecule has 0 heterocycles.